The molecule has 1 heterocycles. The van der Waals surface area contributed by atoms with Crippen molar-refractivity contribution in [1.29, 1.82) is 0 Å². The first kappa shape index (κ1) is 10.5. The summed E-state index contributed by atoms with van der Waals surface area (Å²) in [5.74, 6) is -0.346. The number of nitrogen functional groups attached to an aromatic ring is 1. The second kappa shape index (κ2) is 3.67. The number of nitrogens with two attached hydrogens (primary N) is 1. The molecule has 1 aromatic rings. The molecule has 0 unspecified atom stereocenters. The Kier molecular flexibility index (Phi) is 2.76. The van der Waals surface area contributed by atoms with Crippen molar-refractivity contribution in [3.05, 3.63) is 11.8 Å². The minimum atomic E-state index is -0.690. The summed E-state index contributed by atoms with van der Waals surface area (Å²) in [5.41, 5.74) is 4.67. The number of carbonyl (C=O) groups excluding carboxylic acids is 1. The fourth-order valence-corrected chi connectivity index (χ4v) is 0.807. The van der Waals surface area contributed by atoms with Gasteiger partial charge in [-0.1, -0.05) is 5.16 Å². The van der Waals surface area contributed by atoms with Crippen molar-refractivity contribution >= 4 is 11.8 Å². The van der Waals surface area contributed by atoms with E-state index < -0.39 is 11.4 Å². The van der Waals surface area contributed by atoms with Crippen LogP contribution in [0.5, 0.6) is 0 Å². The van der Waals surface area contributed by atoms with E-state index in [-0.39, 0.29) is 18.2 Å². The Balaban J connectivity index is 2.68. The SMILES string of the molecule is CC(C)(CO)NC(=O)c1cc(N)on1. The van der Waals surface area contributed by atoms with E-state index in [1.54, 1.807) is 13.8 Å². The molecule has 1 rings (SSSR count). The summed E-state index contributed by atoms with van der Waals surface area (Å²) in [6.45, 7) is 3.22. The maximum Gasteiger partial charge on any atom is 0.274 e. The molecule has 0 fully saturated rings. The third-order valence-electron chi connectivity index (χ3n) is 1.61. The van der Waals surface area contributed by atoms with E-state index in [1.807, 2.05) is 0 Å². The molecule has 0 aliphatic rings. The van der Waals surface area contributed by atoms with Crippen molar-refractivity contribution in [3.63, 3.8) is 0 Å². The molecule has 0 aliphatic heterocycles. The molecule has 1 amide bonds. The van der Waals surface area contributed by atoms with Crippen molar-refractivity contribution in [2.24, 2.45) is 0 Å². The van der Waals surface area contributed by atoms with Gasteiger partial charge in [-0.3, -0.25) is 4.79 Å². The lowest BCUT2D eigenvalue weighted by atomic mass is 10.1. The highest BCUT2D eigenvalue weighted by Gasteiger charge is 2.21. The van der Waals surface area contributed by atoms with Crippen LogP contribution in [0.15, 0.2) is 10.6 Å². The van der Waals surface area contributed by atoms with E-state index in [0.29, 0.717) is 0 Å². The summed E-state index contributed by atoms with van der Waals surface area (Å²) in [4.78, 5) is 11.4. The molecule has 0 bridgehead atoms. The van der Waals surface area contributed by atoms with Gasteiger partial charge in [0.25, 0.3) is 5.91 Å². The van der Waals surface area contributed by atoms with Crippen LogP contribution in [0.1, 0.15) is 24.3 Å². The number of aliphatic hydroxyl groups excluding tert-OH is 1. The third-order valence-corrected chi connectivity index (χ3v) is 1.61. The Labute approximate surface area is 81.1 Å². The quantitative estimate of drug-likeness (QED) is 0.623. The molecule has 6 nitrogen and oxygen atoms in total. The maximum absolute atomic E-state index is 11.4. The van der Waals surface area contributed by atoms with Gasteiger partial charge in [-0.25, -0.2) is 0 Å². The zero-order chi connectivity index (χ0) is 10.8. The zero-order valence-corrected chi connectivity index (χ0v) is 8.07. The fraction of sp³-hybridized carbons (Fsp3) is 0.500. The number of aliphatic hydroxyl groups is 1. The summed E-state index contributed by atoms with van der Waals surface area (Å²) in [5, 5.41) is 14.9. The number of anilines is 1. The molecule has 14 heavy (non-hydrogen) atoms. The Morgan fingerprint density at radius 2 is 2.43 bits per heavy atom. The van der Waals surface area contributed by atoms with Crippen LogP contribution in [0.3, 0.4) is 0 Å². The van der Waals surface area contributed by atoms with Gasteiger partial charge in [-0.05, 0) is 13.8 Å². The molecule has 0 radical (unpaired) electrons. The molecule has 0 aliphatic carbocycles. The largest absolute Gasteiger partial charge is 0.394 e. The van der Waals surface area contributed by atoms with Crippen molar-refractivity contribution in [2.45, 2.75) is 19.4 Å². The molecule has 0 aromatic carbocycles. The van der Waals surface area contributed by atoms with Gasteiger partial charge in [0.05, 0.1) is 12.1 Å². The average Bonchev–Trinajstić information content (AvgIpc) is 2.51. The Bertz CT molecular complexity index is 332. The van der Waals surface area contributed by atoms with Crippen LogP contribution in [-0.2, 0) is 0 Å². The van der Waals surface area contributed by atoms with Gasteiger partial charge in [0.15, 0.2) is 5.69 Å². The zero-order valence-electron chi connectivity index (χ0n) is 8.07. The lowest BCUT2D eigenvalue weighted by Crippen LogP contribution is -2.46. The molecule has 6 heteroatoms. The van der Waals surface area contributed by atoms with Crippen molar-refractivity contribution in [1.82, 2.24) is 10.5 Å². The van der Waals surface area contributed by atoms with Crippen LogP contribution in [0.4, 0.5) is 5.88 Å². The van der Waals surface area contributed by atoms with Crippen LogP contribution in [0, 0.1) is 0 Å². The van der Waals surface area contributed by atoms with Gasteiger partial charge in [0, 0.05) is 6.07 Å². The van der Waals surface area contributed by atoms with Crippen molar-refractivity contribution < 1.29 is 14.4 Å². The number of hydrogen-bond acceptors (Lipinski definition) is 5. The lowest BCUT2D eigenvalue weighted by Gasteiger charge is -2.22. The number of amides is 1. The normalized spacial score (nSPS) is 11.4. The monoisotopic (exact) mass is 199 g/mol. The number of carbonyl (C=O) groups is 1. The molecule has 0 atom stereocenters. The van der Waals surface area contributed by atoms with Crippen LogP contribution in [0.2, 0.25) is 0 Å². The summed E-state index contributed by atoms with van der Waals surface area (Å²) in [7, 11) is 0. The highest BCUT2D eigenvalue weighted by Crippen LogP contribution is 2.07. The summed E-state index contributed by atoms with van der Waals surface area (Å²) < 4.78 is 4.54. The maximum atomic E-state index is 11.4. The molecule has 78 valence electrons. The van der Waals surface area contributed by atoms with Crippen molar-refractivity contribution in [2.75, 3.05) is 12.3 Å². The Morgan fingerprint density at radius 3 is 2.86 bits per heavy atom. The summed E-state index contributed by atoms with van der Waals surface area (Å²) in [6, 6.07) is 1.32. The summed E-state index contributed by atoms with van der Waals surface area (Å²) in [6.07, 6.45) is 0. The Morgan fingerprint density at radius 1 is 1.79 bits per heavy atom. The predicted octanol–water partition coefficient (Wildman–Crippen LogP) is -0.243. The van der Waals surface area contributed by atoms with Crippen LogP contribution < -0.4 is 11.1 Å². The standard InChI is InChI=1S/C8H13N3O3/c1-8(2,4-12)10-7(13)5-3-6(9)14-11-5/h3,12H,4,9H2,1-2H3,(H,10,13). The second-order valence-corrected chi connectivity index (χ2v) is 3.61. The van der Waals surface area contributed by atoms with Gasteiger partial charge in [0.2, 0.25) is 5.88 Å². The van der Waals surface area contributed by atoms with Gasteiger partial charge >= 0.3 is 0 Å². The molecular weight excluding hydrogens is 186 g/mol. The van der Waals surface area contributed by atoms with Gasteiger partial charge < -0.3 is 20.7 Å². The number of nitrogens with one attached hydrogen (secondary N) is 1. The van der Waals surface area contributed by atoms with Gasteiger partial charge in [-0.15, -0.1) is 0 Å². The number of aromatic nitrogens is 1. The van der Waals surface area contributed by atoms with E-state index >= 15 is 0 Å². The molecule has 0 spiro atoms. The van der Waals surface area contributed by atoms with E-state index in [2.05, 4.69) is 15.0 Å². The molecule has 0 saturated carbocycles. The average molecular weight is 199 g/mol. The smallest absolute Gasteiger partial charge is 0.274 e. The number of rotatable bonds is 3. The minimum absolute atomic E-state index is 0.0805. The molecule has 0 saturated heterocycles. The minimum Gasteiger partial charge on any atom is -0.394 e. The lowest BCUT2D eigenvalue weighted by molar-refractivity contribution is 0.0860. The summed E-state index contributed by atoms with van der Waals surface area (Å²) >= 11 is 0. The van der Waals surface area contributed by atoms with E-state index in [9.17, 15) is 4.79 Å². The number of hydrogen-bond donors (Lipinski definition) is 3. The first-order chi connectivity index (χ1) is 6.44. The number of nitrogens with zero attached hydrogens (tertiary/aromatic N) is 1. The highest BCUT2D eigenvalue weighted by atomic mass is 16.5. The van der Waals surface area contributed by atoms with Crippen LogP contribution in [-0.4, -0.2) is 28.3 Å². The third kappa shape index (κ3) is 2.46. The van der Waals surface area contributed by atoms with Crippen molar-refractivity contribution in [3.8, 4) is 0 Å². The van der Waals surface area contributed by atoms with E-state index in [0.717, 1.165) is 0 Å². The first-order valence-electron chi connectivity index (χ1n) is 4.10. The van der Waals surface area contributed by atoms with Crippen LogP contribution in [0.25, 0.3) is 0 Å². The molecule has 4 N–H and O–H groups in total. The van der Waals surface area contributed by atoms with Gasteiger partial charge in [-0.2, -0.15) is 0 Å². The topological polar surface area (TPSA) is 101 Å². The second-order valence-electron chi connectivity index (χ2n) is 3.61. The fourth-order valence-electron chi connectivity index (χ4n) is 0.807. The predicted molar refractivity (Wildman–Crippen MR) is 49.5 cm³/mol. The highest BCUT2D eigenvalue weighted by molar-refractivity contribution is 5.93. The Hall–Kier alpha value is -1.56. The first-order valence-corrected chi connectivity index (χ1v) is 4.10. The van der Waals surface area contributed by atoms with E-state index in [1.165, 1.54) is 6.07 Å². The van der Waals surface area contributed by atoms with E-state index in [4.69, 9.17) is 10.8 Å². The van der Waals surface area contributed by atoms with Gasteiger partial charge in [0.1, 0.15) is 0 Å². The molecule has 1 aromatic heterocycles. The molecular formula is C8H13N3O3. The van der Waals surface area contributed by atoms with Crippen LogP contribution >= 0.6 is 0 Å².